The molecule has 5 nitrogen and oxygen atoms in total. The summed E-state index contributed by atoms with van der Waals surface area (Å²) in [6.45, 7) is 2.24. The molecular formula is C20H19NO4. The highest BCUT2D eigenvalue weighted by atomic mass is 16.7. The van der Waals surface area contributed by atoms with Gasteiger partial charge in [-0.1, -0.05) is 48.5 Å². The molecule has 2 aliphatic rings. The van der Waals surface area contributed by atoms with Gasteiger partial charge in [-0.3, -0.25) is 4.79 Å². The fraction of sp³-hybridized carbons (Fsp3) is 0.300. The van der Waals surface area contributed by atoms with Gasteiger partial charge in [-0.05, 0) is 29.7 Å². The number of rotatable bonds is 3. The predicted octanol–water partition coefficient (Wildman–Crippen LogP) is 3.28. The molecule has 0 radical (unpaired) electrons. The Balaban J connectivity index is 1.82. The lowest BCUT2D eigenvalue weighted by molar-refractivity contribution is -0.156. The molecule has 0 unspecified atom stereocenters. The standard InChI is InChI=1S/C20H19NO4/c1-3-13-8-10-14(11-9-13)18-20(19(22)23-2)12-24-16-7-5-4-6-15(16)17(20)21-25-18/h4-11,18H,3,12H2,1-2H3/t18-,20+/m0/s1. The summed E-state index contributed by atoms with van der Waals surface area (Å²) in [4.78, 5) is 18.6. The fourth-order valence-corrected chi connectivity index (χ4v) is 3.53. The number of methoxy groups -OCH3 is 1. The monoisotopic (exact) mass is 337 g/mol. The molecule has 0 bridgehead atoms. The number of benzene rings is 2. The van der Waals surface area contributed by atoms with Gasteiger partial charge in [0, 0.05) is 5.56 Å². The van der Waals surface area contributed by atoms with E-state index in [9.17, 15) is 4.79 Å². The van der Waals surface area contributed by atoms with Gasteiger partial charge in [0.2, 0.25) is 0 Å². The summed E-state index contributed by atoms with van der Waals surface area (Å²) in [5.74, 6) is 0.300. The Kier molecular flexibility index (Phi) is 3.71. The van der Waals surface area contributed by atoms with Crippen molar-refractivity contribution in [2.45, 2.75) is 19.4 Å². The van der Waals surface area contributed by atoms with Gasteiger partial charge in [-0.25, -0.2) is 0 Å². The Morgan fingerprint density at radius 1 is 1.24 bits per heavy atom. The van der Waals surface area contributed by atoms with Crippen molar-refractivity contribution in [2.24, 2.45) is 10.6 Å². The molecule has 0 spiro atoms. The quantitative estimate of drug-likeness (QED) is 0.807. The van der Waals surface area contributed by atoms with E-state index in [1.807, 2.05) is 48.5 Å². The van der Waals surface area contributed by atoms with Crippen molar-refractivity contribution in [3.05, 3.63) is 65.2 Å². The average Bonchev–Trinajstić information content (AvgIpc) is 3.08. The van der Waals surface area contributed by atoms with Crippen molar-refractivity contribution in [2.75, 3.05) is 13.7 Å². The van der Waals surface area contributed by atoms with Crippen molar-refractivity contribution in [3.63, 3.8) is 0 Å². The zero-order valence-electron chi connectivity index (χ0n) is 14.2. The minimum atomic E-state index is -1.10. The van der Waals surface area contributed by atoms with Crippen LogP contribution in [0.1, 0.15) is 29.7 Å². The highest BCUT2D eigenvalue weighted by Crippen LogP contribution is 2.50. The average molecular weight is 337 g/mol. The molecular weight excluding hydrogens is 318 g/mol. The summed E-state index contributed by atoms with van der Waals surface area (Å²) in [5, 5.41) is 4.28. The molecule has 128 valence electrons. The van der Waals surface area contributed by atoms with Crippen molar-refractivity contribution in [3.8, 4) is 5.75 Å². The third-order valence-corrected chi connectivity index (χ3v) is 4.96. The maximum Gasteiger partial charge on any atom is 0.325 e. The molecule has 0 fully saturated rings. The maximum absolute atomic E-state index is 12.8. The molecule has 0 saturated heterocycles. The summed E-state index contributed by atoms with van der Waals surface area (Å²) in [5.41, 5.74) is 2.35. The van der Waals surface area contributed by atoms with E-state index < -0.39 is 17.5 Å². The summed E-state index contributed by atoms with van der Waals surface area (Å²) in [6, 6.07) is 15.6. The van der Waals surface area contributed by atoms with E-state index in [1.54, 1.807) is 0 Å². The van der Waals surface area contributed by atoms with Crippen molar-refractivity contribution < 1.29 is 19.1 Å². The third-order valence-electron chi connectivity index (χ3n) is 4.96. The first kappa shape index (κ1) is 15.7. The molecule has 2 atom stereocenters. The predicted molar refractivity (Wildman–Crippen MR) is 92.6 cm³/mol. The number of aryl methyl sites for hydroxylation is 1. The summed E-state index contributed by atoms with van der Waals surface area (Å²) in [7, 11) is 1.38. The van der Waals surface area contributed by atoms with Crippen LogP contribution in [0.2, 0.25) is 0 Å². The lowest BCUT2D eigenvalue weighted by Crippen LogP contribution is -2.49. The van der Waals surface area contributed by atoms with Gasteiger partial charge in [0.05, 0.1) is 7.11 Å². The molecule has 0 saturated carbocycles. The first-order valence-electron chi connectivity index (χ1n) is 8.34. The van der Waals surface area contributed by atoms with Gasteiger partial charge in [0.25, 0.3) is 0 Å². The number of oxime groups is 1. The van der Waals surface area contributed by atoms with Crippen molar-refractivity contribution in [1.29, 1.82) is 0 Å². The fourth-order valence-electron chi connectivity index (χ4n) is 3.53. The van der Waals surface area contributed by atoms with E-state index in [4.69, 9.17) is 14.3 Å². The van der Waals surface area contributed by atoms with Gasteiger partial charge in [0.1, 0.15) is 18.1 Å². The number of para-hydroxylation sites is 1. The SMILES string of the molecule is CCc1ccc([C@@H]2ON=C3c4ccccc4OC[C@@]32C(=O)OC)cc1. The molecule has 2 aromatic rings. The van der Waals surface area contributed by atoms with E-state index in [1.165, 1.54) is 12.7 Å². The molecule has 25 heavy (non-hydrogen) atoms. The molecule has 4 rings (SSSR count). The number of hydrogen-bond donors (Lipinski definition) is 0. The van der Waals surface area contributed by atoms with Gasteiger partial charge in [-0.2, -0.15) is 0 Å². The minimum Gasteiger partial charge on any atom is -0.491 e. The Labute approximate surface area is 146 Å². The van der Waals surface area contributed by atoms with Crippen LogP contribution in [0.4, 0.5) is 0 Å². The number of nitrogens with zero attached hydrogens (tertiary/aromatic N) is 1. The van der Waals surface area contributed by atoms with Gasteiger partial charge in [0.15, 0.2) is 11.5 Å². The Morgan fingerprint density at radius 2 is 2.00 bits per heavy atom. The minimum absolute atomic E-state index is 0.135. The van der Waals surface area contributed by atoms with E-state index in [-0.39, 0.29) is 6.61 Å². The van der Waals surface area contributed by atoms with Crippen LogP contribution in [0.15, 0.2) is 53.7 Å². The molecule has 0 N–H and O–H groups in total. The second-order valence-corrected chi connectivity index (χ2v) is 6.27. The molecule has 2 aromatic carbocycles. The molecule has 0 aromatic heterocycles. The lowest BCUT2D eigenvalue weighted by atomic mass is 9.72. The van der Waals surface area contributed by atoms with Gasteiger partial charge in [-0.15, -0.1) is 0 Å². The molecule has 0 aliphatic carbocycles. The van der Waals surface area contributed by atoms with Crippen LogP contribution in [0.25, 0.3) is 0 Å². The van der Waals surface area contributed by atoms with E-state index in [0.717, 1.165) is 17.5 Å². The Morgan fingerprint density at radius 3 is 2.72 bits per heavy atom. The summed E-state index contributed by atoms with van der Waals surface area (Å²) >= 11 is 0. The highest BCUT2D eigenvalue weighted by molar-refractivity contribution is 6.18. The highest BCUT2D eigenvalue weighted by Gasteiger charge is 2.61. The molecule has 2 heterocycles. The zero-order valence-corrected chi connectivity index (χ0v) is 14.2. The number of carbonyl (C=O) groups is 1. The van der Waals surface area contributed by atoms with E-state index in [0.29, 0.717) is 11.5 Å². The second-order valence-electron chi connectivity index (χ2n) is 6.27. The zero-order chi connectivity index (χ0) is 17.4. The number of ether oxygens (including phenoxy) is 2. The van der Waals surface area contributed by atoms with Gasteiger partial charge >= 0.3 is 5.97 Å². The normalized spacial score (nSPS) is 23.6. The number of fused-ring (bicyclic) bond motifs is 3. The molecule has 5 heteroatoms. The Bertz CT molecular complexity index is 843. The topological polar surface area (TPSA) is 57.1 Å². The molecule has 0 amide bonds. The van der Waals surface area contributed by atoms with Crippen LogP contribution in [0.3, 0.4) is 0 Å². The first-order valence-corrected chi connectivity index (χ1v) is 8.34. The first-order chi connectivity index (χ1) is 12.2. The third kappa shape index (κ3) is 2.22. The number of hydrogen-bond acceptors (Lipinski definition) is 5. The summed E-state index contributed by atoms with van der Waals surface area (Å²) in [6.07, 6.45) is 0.376. The van der Waals surface area contributed by atoms with Crippen LogP contribution in [-0.4, -0.2) is 25.4 Å². The van der Waals surface area contributed by atoms with Crippen molar-refractivity contribution in [1.82, 2.24) is 0 Å². The van der Waals surface area contributed by atoms with Crippen LogP contribution in [0.5, 0.6) is 5.75 Å². The van der Waals surface area contributed by atoms with E-state index >= 15 is 0 Å². The van der Waals surface area contributed by atoms with Crippen LogP contribution < -0.4 is 4.74 Å². The van der Waals surface area contributed by atoms with Crippen LogP contribution in [-0.2, 0) is 20.8 Å². The summed E-state index contributed by atoms with van der Waals surface area (Å²) < 4.78 is 11.0. The number of esters is 1. The smallest absolute Gasteiger partial charge is 0.325 e. The largest absolute Gasteiger partial charge is 0.491 e. The second kappa shape index (κ2) is 5.92. The molecule has 2 aliphatic heterocycles. The lowest BCUT2D eigenvalue weighted by Gasteiger charge is -2.35. The number of carbonyl (C=O) groups excluding carboxylic acids is 1. The van der Waals surface area contributed by atoms with Crippen LogP contribution >= 0.6 is 0 Å². The maximum atomic E-state index is 12.8. The van der Waals surface area contributed by atoms with Crippen LogP contribution in [0, 0.1) is 5.41 Å². The van der Waals surface area contributed by atoms with Gasteiger partial charge < -0.3 is 14.3 Å². The Hall–Kier alpha value is -2.82. The van der Waals surface area contributed by atoms with Crippen molar-refractivity contribution >= 4 is 11.7 Å². The van der Waals surface area contributed by atoms with E-state index in [2.05, 4.69) is 12.1 Å².